The maximum Gasteiger partial charge on any atom is 0.363 e. The van der Waals surface area contributed by atoms with Gasteiger partial charge in [-0.2, -0.15) is 0 Å². The fraction of sp³-hybridized carbons (Fsp3) is 0.333. The fourth-order valence-corrected chi connectivity index (χ4v) is 1.76. The van der Waals surface area contributed by atoms with Crippen LogP contribution >= 0.6 is 0 Å². The molecule has 0 saturated heterocycles. The predicted octanol–water partition coefficient (Wildman–Crippen LogP) is 2.66. The van der Waals surface area contributed by atoms with E-state index in [4.69, 9.17) is 14.2 Å². The lowest BCUT2D eigenvalue weighted by Crippen LogP contribution is -2.09. The summed E-state index contributed by atoms with van der Waals surface area (Å²) < 4.78 is 15.5. The molecule has 0 aliphatic carbocycles. The largest absolute Gasteiger partial charge is 0.497 e. The number of carbonyl (C=O) groups excluding carboxylic acids is 1. The Kier molecular flexibility index (Phi) is 4.08. The Bertz CT molecular complexity index is 588. The van der Waals surface area contributed by atoms with E-state index in [2.05, 4.69) is 4.99 Å². The van der Waals surface area contributed by atoms with Crippen molar-refractivity contribution in [2.75, 3.05) is 14.2 Å². The molecule has 20 heavy (non-hydrogen) atoms. The molecule has 0 spiro atoms. The Labute approximate surface area is 117 Å². The van der Waals surface area contributed by atoms with E-state index in [-0.39, 0.29) is 11.6 Å². The second-order valence-corrected chi connectivity index (χ2v) is 4.63. The van der Waals surface area contributed by atoms with Crippen molar-refractivity contribution >= 4 is 17.9 Å². The van der Waals surface area contributed by atoms with Crippen LogP contribution in [0.15, 0.2) is 28.9 Å². The number of rotatable bonds is 4. The Balaban J connectivity index is 2.38. The van der Waals surface area contributed by atoms with Gasteiger partial charge in [-0.3, -0.25) is 0 Å². The van der Waals surface area contributed by atoms with Crippen LogP contribution in [0.4, 0.5) is 0 Å². The molecule has 0 N–H and O–H groups in total. The third-order valence-corrected chi connectivity index (χ3v) is 2.86. The molecular formula is C15H17NO4. The molecule has 5 heteroatoms. The molecule has 0 saturated carbocycles. The van der Waals surface area contributed by atoms with Crippen LogP contribution in [0.2, 0.25) is 0 Å². The van der Waals surface area contributed by atoms with E-state index in [1.54, 1.807) is 38.5 Å². The van der Waals surface area contributed by atoms with E-state index in [1.165, 1.54) is 0 Å². The molecule has 5 nitrogen and oxygen atoms in total. The van der Waals surface area contributed by atoms with E-state index in [1.807, 2.05) is 13.8 Å². The quantitative estimate of drug-likeness (QED) is 0.626. The molecular weight excluding hydrogens is 258 g/mol. The van der Waals surface area contributed by atoms with Crippen molar-refractivity contribution in [1.82, 2.24) is 0 Å². The molecule has 0 aromatic heterocycles. The molecule has 1 aromatic rings. The van der Waals surface area contributed by atoms with Gasteiger partial charge in [0.25, 0.3) is 0 Å². The first-order chi connectivity index (χ1) is 9.55. The van der Waals surface area contributed by atoms with Gasteiger partial charge in [0, 0.05) is 17.5 Å². The van der Waals surface area contributed by atoms with Crippen molar-refractivity contribution in [2.45, 2.75) is 13.8 Å². The minimum Gasteiger partial charge on any atom is -0.497 e. The molecule has 0 radical (unpaired) electrons. The van der Waals surface area contributed by atoms with Crippen molar-refractivity contribution in [2.24, 2.45) is 10.9 Å². The van der Waals surface area contributed by atoms with Crippen LogP contribution < -0.4 is 9.47 Å². The van der Waals surface area contributed by atoms with Crippen molar-refractivity contribution in [3.63, 3.8) is 0 Å². The summed E-state index contributed by atoms with van der Waals surface area (Å²) in [7, 11) is 3.15. The summed E-state index contributed by atoms with van der Waals surface area (Å²) in [6.07, 6.45) is 1.65. The zero-order valence-corrected chi connectivity index (χ0v) is 12.0. The lowest BCUT2D eigenvalue weighted by molar-refractivity contribution is -0.130. The highest BCUT2D eigenvalue weighted by atomic mass is 16.6. The van der Waals surface area contributed by atoms with Gasteiger partial charge in [0.1, 0.15) is 11.5 Å². The number of cyclic esters (lactones) is 1. The Morgan fingerprint density at radius 3 is 2.55 bits per heavy atom. The predicted molar refractivity (Wildman–Crippen MR) is 75.9 cm³/mol. The number of esters is 1. The smallest absolute Gasteiger partial charge is 0.363 e. The van der Waals surface area contributed by atoms with Gasteiger partial charge in [-0.1, -0.05) is 13.8 Å². The molecule has 1 aromatic carbocycles. The topological polar surface area (TPSA) is 57.1 Å². The Hall–Kier alpha value is -2.30. The SMILES string of the molecule is COc1ccc(/C=C2/N=C(C(C)C)OC2=O)c(OC)c1. The van der Waals surface area contributed by atoms with Gasteiger partial charge >= 0.3 is 5.97 Å². The molecule has 1 aliphatic heterocycles. The molecule has 2 rings (SSSR count). The van der Waals surface area contributed by atoms with Gasteiger partial charge in [0.2, 0.25) is 5.90 Å². The third-order valence-electron chi connectivity index (χ3n) is 2.86. The lowest BCUT2D eigenvalue weighted by atomic mass is 10.1. The average Bonchev–Trinajstić information content (AvgIpc) is 2.81. The highest BCUT2D eigenvalue weighted by Crippen LogP contribution is 2.28. The molecule has 0 bridgehead atoms. The molecule has 0 atom stereocenters. The molecule has 1 aliphatic rings. The van der Waals surface area contributed by atoms with Crippen molar-refractivity contribution in [3.05, 3.63) is 29.5 Å². The van der Waals surface area contributed by atoms with E-state index in [9.17, 15) is 4.79 Å². The molecule has 0 amide bonds. The van der Waals surface area contributed by atoms with Gasteiger partial charge < -0.3 is 14.2 Å². The molecule has 0 unspecified atom stereocenters. The molecule has 0 fully saturated rings. The van der Waals surface area contributed by atoms with E-state index < -0.39 is 5.97 Å². The normalized spacial score (nSPS) is 16.4. The molecule has 106 valence electrons. The molecule has 1 heterocycles. The maximum absolute atomic E-state index is 11.7. The summed E-state index contributed by atoms with van der Waals surface area (Å²) in [5.74, 6) is 1.37. The maximum atomic E-state index is 11.7. The van der Waals surface area contributed by atoms with Gasteiger partial charge in [0.05, 0.1) is 14.2 Å². The fourth-order valence-electron chi connectivity index (χ4n) is 1.76. The second-order valence-electron chi connectivity index (χ2n) is 4.63. The summed E-state index contributed by atoms with van der Waals surface area (Å²) in [6.45, 7) is 3.84. The van der Waals surface area contributed by atoms with Crippen LogP contribution in [0.25, 0.3) is 6.08 Å². The number of hydrogen-bond donors (Lipinski definition) is 0. The minimum absolute atomic E-state index is 0.0719. The van der Waals surface area contributed by atoms with Crippen LogP contribution in [0.1, 0.15) is 19.4 Å². The first kappa shape index (κ1) is 14.1. The van der Waals surface area contributed by atoms with Gasteiger partial charge in [-0.05, 0) is 18.2 Å². The number of aliphatic imine (C=N–C) groups is 1. The Morgan fingerprint density at radius 2 is 2.00 bits per heavy atom. The van der Waals surface area contributed by atoms with Crippen molar-refractivity contribution in [3.8, 4) is 11.5 Å². The first-order valence-electron chi connectivity index (χ1n) is 6.29. The van der Waals surface area contributed by atoms with Gasteiger partial charge in [0.15, 0.2) is 5.70 Å². The van der Waals surface area contributed by atoms with Crippen LogP contribution in [-0.4, -0.2) is 26.1 Å². The highest BCUT2D eigenvalue weighted by Gasteiger charge is 2.25. The minimum atomic E-state index is -0.438. The summed E-state index contributed by atoms with van der Waals surface area (Å²) in [5, 5.41) is 0. The van der Waals surface area contributed by atoms with Crippen LogP contribution in [0, 0.1) is 5.92 Å². The monoisotopic (exact) mass is 275 g/mol. The second kappa shape index (κ2) is 5.77. The highest BCUT2D eigenvalue weighted by molar-refractivity contribution is 6.07. The lowest BCUT2D eigenvalue weighted by Gasteiger charge is -2.07. The summed E-state index contributed by atoms with van der Waals surface area (Å²) >= 11 is 0. The number of ether oxygens (including phenoxy) is 3. The zero-order valence-electron chi connectivity index (χ0n) is 12.0. The first-order valence-corrected chi connectivity index (χ1v) is 6.29. The van der Waals surface area contributed by atoms with E-state index in [0.717, 1.165) is 5.56 Å². The zero-order chi connectivity index (χ0) is 14.7. The van der Waals surface area contributed by atoms with Crippen molar-refractivity contribution in [1.29, 1.82) is 0 Å². The van der Waals surface area contributed by atoms with E-state index >= 15 is 0 Å². The number of hydrogen-bond acceptors (Lipinski definition) is 5. The van der Waals surface area contributed by atoms with Gasteiger partial charge in [-0.15, -0.1) is 0 Å². The number of carbonyl (C=O) groups is 1. The number of methoxy groups -OCH3 is 2. The summed E-state index contributed by atoms with van der Waals surface area (Å²) in [5.41, 5.74) is 1.02. The van der Waals surface area contributed by atoms with Gasteiger partial charge in [-0.25, -0.2) is 9.79 Å². The van der Waals surface area contributed by atoms with Crippen LogP contribution in [0.5, 0.6) is 11.5 Å². The van der Waals surface area contributed by atoms with Crippen LogP contribution in [-0.2, 0) is 9.53 Å². The van der Waals surface area contributed by atoms with E-state index in [0.29, 0.717) is 17.4 Å². The number of benzene rings is 1. The van der Waals surface area contributed by atoms with Crippen LogP contribution in [0.3, 0.4) is 0 Å². The standard InChI is InChI=1S/C15H17NO4/c1-9(2)14-16-12(15(17)20-14)7-10-5-6-11(18-3)8-13(10)19-4/h5-9H,1-4H3/b12-7+. The Morgan fingerprint density at radius 1 is 1.25 bits per heavy atom. The third kappa shape index (κ3) is 2.82. The summed E-state index contributed by atoms with van der Waals surface area (Å²) in [6, 6.07) is 5.35. The van der Waals surface area contributed by atoms with Crippen molar-refractivity contribution < 1.29 is 19.0 Å². The summed E-state index contributed by atoms with van der Waals surface area (Å²) in [4.78, 5) is 15.9. The number of nitrogens with zero attached hydrogens (tertiary/aromatic N) is 1. The average molecular weight is 275 g/mol.